The zero-order chi connectivity index (χ0) is 22.8. The van der Waals surface area contributed by atoms with Crippen molar-refractivity contribution < 1.29 is 9.53 Å². The number of carbonyl (C=O) groups is 1. The van der Waals surface area contributed by atoms with E-state index in [1.165, 1.54) is 21.8 Å². The van der Waals surface area contributed by atoms with Crippen LogP contribution in [0.4, 0.5) is 0 Å². The Morgan fingerprint density at radius 2 is 1.45 bits per heavy atom. The molecule has 0 radical (unpaired) electrons. The third-order valence-electron chi connectivity index (χ3n) is 5.64. The Balaban J connectivity index is 1.38. The van der Waals surface area contributed by atoms with Crippen molar-refractivity contribution in [3.8, 4) is 17.1 Å². The third-order valence-corrected chi connectivity index (χ3v) is 5.64. The van der Waals surface area contributed by atoms with Crippen LogP contribution in [-0.2, 0) is 16.0 Å². The van der Waals surface area contributed by atoms with Gasteiger partial charge in [-0.15, -0.1) is 0 Å². The smallest absolute Gasteiger partial charge is 0.333 e. The van der Waals surface area contributed by atoms with Crippen molar-refractivity contribution in [2.75, 3.05) is 6.61 Å². The van der Waals surface area contributed by atoms with Gasteiger partial charge in [-0.2, -0.15) is 0 Å². The molecule has 0 amide bonds. The van der Waals surface area contributed by atoms with Gasteiger partial charge in [0, 0.05) is 46.4 Å². The van der Waals surface area contributed by atoms with Crippen LogP contribution in [0.25, 0.3) is 38.9 Å². The van der Waals surface area contributed by atoms with E-state index in [1.54, 1.807) is 19.3 Å². The highest BCUT2D eigenvalue weighted by Gasteiger charge is 2.12. The molecule has 0 aliphatic rings. The SMILES string of the molecule is C=C(C)C(=O)OCCc1cnc(-c2ccc(-n3c4ccccc4c4ccccc43)cc2)nc1. The Morgan fingerprint density at radius 1 is 0.879 bits per heavy atom. The lowest BCUT2D eigenvalue weighted by molar-refractivity contribution is -0.138. The Labute approximate surface area is 192 Å². The Morgan fingerprint density at radius 3 is 2.03 bits per heavy atom. The first-order valence-corrected chi connectivity index (χ1v) is 10.8. The summed E-state index contributed by atoms with van der Waals surface area (Å²) in [5.74, 6) is 0.280. The minimum absolute atomic E-state index is 0.280. The molecule has 2 heterocycles. The Bertz CT molecular complexity index is 1410. The number of ether oxygens (including phenoxy) is 1. The first kappa shape index (κ1) is 20.6. The monoisotopic (exact) mass is 433 g/mol. The van der Waals surface area contributed by atoms with E-state index in [0.717, 1.165) is 16.8 Å². The lowest BCUT2D eigenvalue weighted by atomic mass is 10.1. The van der Waals surface area contributed by atoms with Crippen molar-refractivity contribution in [2.45, 2.75) is 13.3 Å². The van der Waals surface area contributed by atoms with Gasteiger partial charge < -0.3 is 9.30 Å². The van der Waals surface area contributed by atoms with Crippen LogP contribution in [0.15, 0.2) is 97.3 Å². The number of benzene rings is 3. The topological polar surface area (TPSA) is 57.0 Å². The van der Waals surface area contributed by atoms with E-state index in [4.69, 9.17) is 4.74 Å². The Kier molecular flexibility index (Phi) is 5.45. The number of hydrogen-bond acceptors (Lipinski definition) is 4. The van der Waals surface area contributed by atoms with E-state index in [2.05, 4.69) is 81.8 Å². The number of rotatable bonds is 6. The highest BCUT2D eigenvalue weighted by Crippen LogP contribution is 2.32. The van der Waals surface area contributed by atoms with Gasteiger partial charge in [0.2, 0.25) is 0 Å². The van der Waals surface area contributed by atoms with Crippen molar-refractivity contribution >= 4 is 27.8 Å². The molecule has 5 heteroatoms. The summed E-state index contributed by atoms with van der Waals surface area (Å²) in [6, 6.07) is 25.2. The summed E-state index contributed by atoms with van der Waals surface area (Å²) < 4.78 is 7.42. The second-order valence-electron chi connectivity index (χ2n) is 8.00. The molecule has 0 fully saturated rings. The van der Waals surface area contributed by atoms with Crippen LogP contribution in [0.5, 0.6) is 0 Å². The molecule has 0 aliphatic heterocycles. The third kappa shape index (κ3) is 4.01. The van der Waals surface area contributed by atoms with E-state index >= 15 is 0 Å². The van der Waals surface area contributed by atoms with Gasteiger partial charge in [-0.3, -0.25) is 0 Å². The van der Waals surface area contributed by atoms with Gasteiger partial charge in [0.15, 0.2) is 5.82 Å². The van der Waals surface area contributed by atoms with E-state index < -0.39 is 0 Å². The number of carbonyl (C=O) groups excluding carboxylic acids is 1. The number of aromatic nitrogens is 3. The molecule has 5 aromatic rings. The largest absolute Gasteiger partial charge is 0.462 e. The standard InChI is InChI=1S/C28H23N3O2/c1-19(2)28(32)33-16-15-20-17-29-27(30-18-20)21-11-13-22(14-12-21)31-25-9-5-3-7-23(25)24-8-4-6-10-26(24)31/h3-14,17-18H,1,15-16H2,2H3. The van der Waals surface area contributed by atoms with Crippen LogP contribution in [-0.4, -0.2) is 27.1 Å². The number of fused-ring (bicyclic) bond motifs is 3. The lowest BCUT2D eigenvalue weighted by Crippen LogP contribution is -2.08. The van der Waals surface area contributed by atoms with Gasteiger partial charge in [0.1, 0.15) is 0 Å². The van der Waals surface area contributed by atoms with Gasteiger partial charge in [-0.05, 0) is 48.9 Å². The molecule has 33 heavy (non-hydrogen) atoms. The maximum absolute atomic E-state index is 11.5. The maximum Gasteiger partial charge on any atom is 0.333 e. The molecule has 5 rings (SSSR count). The normalized spacial score (nSPS) is 11.1. The van der Waals surface area contributed by atoms with Crippen molar-refractivity contribution in [3.05, 3.63) is 103 Å². The number of hydrogen-bond donors (Lipinski definition) is 0. The second-order valence-corrected chi connectivity index (χ2v) is 8.00. The van der Waals surface area contributed by atoms with Gasteiger partial charge in [0.05, 0.1) is 17.6 Å². The summed E-state index contributed by atoms with van der Waals surface area (Å²) in [7, 11) is 0. The van der Waals surface area contributed by atoms with Crippen molar-refractivity contribution in [2.24, 2.45) is 0 Å². The maximum atomic E-state index is 11.5. The fourth-order valence-corrected chi connectivity index (χ4v) is 3.98. The fourth-order valence-electron chi connectivity index (χ4n) is 3.98. The number of para-hydroxylation sites is 2. The molecule has 0 atom stereocenters. The molecule has 0 N–H and O–H groups in total. The highest BCUT2D eigenvalue weighted by molar-refractivity contribution is 6.09. The minimum Gasteiger partial charge on any atom is -0.462 e. The predicted octanol–water partition coefficient (Wildman–Crippen LogP) is 5.90. The molecular weight excluding hydrogens is 410 g/mol. The summed E-state index contributed by atoms with van der Waals surface area (Å²) in [5.41, 5.74) is 5.70. The van der Waals surface area contributed by atoms with Gasteiger partial charge >= 0.3 is 5.97 Å². The molecule has 0 saturated carbocycles. The molecule has 0 aliphatic carbocycles. The predicted molar refractivity (Wildman–Crippen MR) is 131 cm³/mol. The zero-order valence-electron chi connectivity index (χ0n) is 18.4. The van der Waals surface area contributed by atoms with Gasteiger partial charge in [-0.1, -0.05) is 43.0 Å². The number of esters is 1. The molecule has 0 bridgehead atoms. The van der Waals surface area contributed by atoms with Crippen molar-refractivity contribution in [1.29, 1.82) is 0 Å². The van der Waals surface area contributed by atoms with Gasteiger partial charge in [-0.25, -0.2) is 14.8 Å². The molecule has 0 unspecified atom stereocenters. The molecule has 5 nitrogen and oxygen atoms in total. The highest BCUT2D eigenvalue weighted by atomic mass is 16.5. The van der Waals surface area contributed by atoms with Crippen LogP contribution in [0.3, 0.4) is 0 Å². The van der Waals surface area contributed by atoms with E-state index in [1.807, 2.05) is 12.1 Å². The summed E-state index contributed by atoms with van der Waals surface area (Å²) in [6.45, 7) is 5.49. The zero-order valence-corrected chi connectivity index (χ0v) is 18.4. The second kappa shape index (κ2) is 8.71. The molecule has 2 aromatic heterocycles. The summed E-state index contributed by atoms with van der Waals surface area (Å²) >= 11 is 0. The number of nitrogens with zero attached hydrogens (tertiary/aromatic N) is 3. The van der Waals surface area contributed by atoms with Gasteiger partial charge in [0.25, 0.3) is 0 Å². The lowest BCUT2D eigenvalue weighted by Gasteiger charge is -2.09. The minimum atomic E-state index is -0.379. The Hall–Kier alpha value is -4.25. The van der Waals surface area contributed by atoms with Crippen molar-refractivity contribution in [1.82, 2.24) is 14.5 Å². The molecular formula is C28H23N3O2. The van der Waals surface area contributed by atoms with E-state index in [-0.39, 0.29) is 12.6 Å². The first-order chi connectivity index (χ1) is 16.1. The molecule has 0 spiro atoms. The summed E-state index contributed by atoms with van der Waals surface area (Å²) in [5, 5.41) is 2.48. The molecule has 0 saturated heterocycles. The first-order valence-electron chi connectivity index (χ1n) is 10.8. The average Bonchev–Trinajstić information content (AvgIpc) is 3.19. The quantitative estimate of drug-likeness (QED) is 0.247. The summed E-state index contributed by atoms with van der Waals surface area (Å²) in [4.78, 5) is 20.5. The van der Waals surface area contributed by atoms with Crippen LogP contribution in [0, 0.1) is 0 Å². The van der Waals surface area contributed by atoms with Crippen LogP contribution < -0.4 is 0 Å². The van der Waals surface area contributed by atoms with E-state index in [9.17, 15) is 4.79 Å². The van der Waals surface area contributed by atoms with Crippen LogP contribution in [0.2, 0.25) is 0 Å². The summed E-state index contributed by atoms with van der Waals surface area (Å²) in [6.07, 6.45) is 4.11. The average molecular weight is 434 g/mol. The molecule has 3 aromatic carbocycles. The molecule has 162 valence electrons. The van der Waals surface area contributed by atoms with E-state index in [0.29, 0.717) is 17.8 Å². The van der Waals surface area contributed by atoms with Crippen LogP contribution in [0.1, 0.15) is 12.5 Å². The van der Waals surface area contributed by atoms with Crippen LogP contribution >= 0.6 is 0 Å². The van der Waals surface area contributed by atoms with Crippen molar-refractivity contribution in [3.63, 3.8) is 0 Å². The fraction of sp³-hybridized carbons (Fsp3) is 0.107.